The van der Waals surface area contributed by atoms with Gasteiger partial charge in [0, 0.05) is 17.0 Å². The standard InChI is InChI=1S/C22H14N2O4S/c1-12-10-18(25)20-19(28-12)16(11-29-20)13-6-8-14(9-7-13)24-17-5-3-2-4-15(17)21(26)23-22(24)27/h2-11H,1H3,(H,23,26,27). The number of para-hydroxylation sites is 1. The van der Waals surface area contributed by atoms with Crippen LogP contribution in [0.2, 0.25) is 0 Å². The molecule has 1 N–H and O–H groups in total. The van der Waals surface area contributed by atoms with Gasteiger partial charge in [0.25, 0.3) is 5.56 Å². The number of H-pyrrole nitrogens is 1. The summed E-state index contributed by atoms with van der Waals surface area (Å²) in [6, 6.07) is 15.8. The third kappa shape index (κ3) is 2.75. The average Bonchev–Trinajstić information content (AvgIpc) is 3.13. The van der Waals surface area contributed by atoms with Gasteiger partial charge in [-0.25, -0.2) is 4.79 Å². The summed E-state index contributed by atoms with van der Waals surface area (Å²) >= 11 is 1.35. The highest BCUT2D eigenvalue weighted by atomic mass is 32.1. The first kappa shape index (κ1) is 17.4. The number of hydrogen-bond acceptors (Lipinski definition) is 5. The molecule has 0 bridgehead atoms. The molecule has 0 spiro atoms. The molecule has 0 aliphatic carbocycles. The van der Waals surface area contributed by atoms with Crippen LogP contribution in [0.1, 0.15) is 5.76 Å². The van der Waals surface area contributed by atoms with Gasteiger partial charge in [0.05, 0.1) is 16.6 Å². The Morgan fingerprint density at radius 2 is 1.76 bits per heavy atom. The molecular formula is C22H14N2O4S. The van der Waals surface area contributed by atoms with Gasteiger partial charge in [0.15, 0.2) is 5.58 Å². The van der Waals surface area contributed by atoms with Crippen LogP contribution in [0.3, 0.4) is 0 Å². The van der Waals surface area contributed by atoms with E-state index in [4.69, 9.17) is 4.42 Å². The summed E-state index contributed by atoms with van der Waals surface area (Å²) in [5.41, 5.74) is 2.48. The van der Waals surface area contributed by atoms with Crippen LogP contribution in [0.4, 0.5) is 0 Å². The first-order valence-electron chi connectivity index (χ1n) is 8.90. The van der Waals surface area contributed by atoms with Crippen molar-refractivity contribution in [2.45, 2.75) is 6.92 Å². The van der Waals surface area contributed by atoms with Crippen LogP contribution in [0, 0.1) is 6.92 Å². The summed E-state index contributed by atoms with van der Waals surface area (Å²) in [6.45, 7) is 1.75. The molecule has 0 radical (unpaired) electrons. The van der Waals surface area contributed by atoms with E-state index < -0.39 is 11.2 Å². The number of thiophene rings is 1. The third-order valence-corrected chi connectivity index (χ3v) is 5.79. The SMILES string of the molecule is Cc1cc(=O)c2scc(-c3ccc(-n4c(=O)[nH]c(=O)c5ccccc54)cc3)c2o1. The number of aryl methyl sites for hydroxylation is 1. The number of rotatable bonds is 2. The zero-order valence-corrected chi connectivity index (χ0v) is 16.1. The molecule has 5 rings (SSSR count). The van der Waals surface area contributed by atoms with Crippen molar-refractivity contribution in [2.75, 3.05) is 0 Å². The maximum Gasteiger partial charge on any atom is 0.333 e. The maximum atomic E-state index is 12.5. The van der Waals surface area contributed by atoms with Gasteiger partial charge in [0.2, 0.25) is 5.43 Å². The maximum absolute atomic E-state index is 12.5. The molecule has 0 saturated carbocycles. The minimum Gasteiger partial charge on any atom is -0.460 e. The summed E-state index contributed by atoms with van der Waals surface area (Å²) in [6.07, 6.45) is 0. The zero-order valence-electron chi connectivity index (χ0n) is 15.3. The van der Waals surface area contributed by atoms with Crippen LogP contribution >= 0.6 is 11.3 Å². The van der Waals surface area contributed by atoms with Crippen molar-refractivity contribution >= 4 is 32.5 Å². The van der Waals surface area contributed by atoms with Crippen LogP contribution in [0.5, 0.6) is 0 Å². The lowest BCUT2D eigenvalue weighted by Crippen LogP contribution is -2.29. The van der Waals surface area contributed by atoms with Crippen molar-refractivity contribution in [1.29, 1.82) is 0 Å². The lowest BCUT2D eigenvalue weighted by atomic mass is 10.1. The Bertz CT molecular complexity index is 1570. The van der Waals surface area contributed by atoms with Crippen LogP contribution in [0.15, 0.2) is 78.8 Å². The molecule has 5 aromatic rings. The van der Waals surface area contributed by atoms with Gasteiger partial charge in [-0.1, -0.05) is 24.3 Å². The fourth-order valence-corrected chi connectivity index (χ4v) is 4.41. The molecule has 3 heterocycles. The summed E-state index contributed by atoms with van der Waals surface area (Å²) in [5, 5.41) is 2.34. The normalized spacial score (nSPS) is 11.3. The average molecular weight is 402 g/mol. The molecule has 2 aromatic carbocycles. The highest BCUT2D eigenvalue weighted by Crippen LogP contribution is 2.33. The van der Waals surface area contributed by atoms with E-state index in [1.165, 1.54) is 22.0 Å². The molecular weight excluding hydrogens is 388 g/mol. The van der Waals surface area contributed by atoms with Crippen molar-refractivity contribution in [2.24, 2.45) is 0 Å². The minimum absolute atomic E-state index is 0.0529. The minimum atomic E-state index is -0.496. The lowest BCUT2D eigenvalue weighted by Gasteiger charge is -2.10. The Labute approximate surface area is 167 Å². The van der Waals surface area contributed by atoms with Gasteiger partial charge in [-0.2, -0.15) is 0 Å². The first-order chi connectivity index (χ1) is 14.0. The third-order valence-electron chi connectivity index (χ3n) is 4.82. The van der Waals surface area contributed by atoms with Gasteiger partial charge in [-0.05, 0) is 36.8 Å². The van der Waals surface area contributed by atoms with Gasteiger partial charge in [0.1, 0.15) is 10.5 Å². The van der Waals surface area contributed by atoms with Crippen molar-refractivity contribution in [3.63, 3.8) is 0 Å². The van der Waals surface area contributed by atoms with Crippen molar-refractivity contribution in [3.05, 3.63) is 96.8 Å². The van der Waals surface area contributed by atoms with Crippen LogP contribution in [0.25, 0.3) is 38.0 Å². The Kier molecular flexibility index (Phi) is 3.85. The van der Waals surface area contributed by atoms with E-state index in [-0.39, 0.29) is 5.43 Å². The van der Waals surface area contributed by atoms with E-state index in [2.05, 4.69) is 4.98 Å². The summed E-state index contributed by atoms with van der Waals surface area (Å²) in [4.78, 5) is 39.1. The molecule has 0 saturated heterocycles. The van der Waals surface area contributed by atoms with E-state index in [1.807, 2.05) is 17.5 Å². The summed E-state index contributed by atoms with van der Waals surface area (Å²) in [5.74, 6) is 0.560. The topological polar surface area (TPSA) is 85.1 Å². The van der Waals surface area contributed by atoms with Crippen molar-refractivity contribution < 1.29 is 4.42 Å². The zero-order chi connectivity index (χ0) is 20.1. The highest BCUT2D eigenvalue weighted by molar-refractivity contribution is 7.17. The number of fused-ring (bicyclic) bond motifs is 2. The number of aromatic amines is 1. The first-order valence-corrected chi connectivity index (χ1v) is 9.78. The molecule has 0 aliphatic rings. The van der Waals surface area contributed by atoms with E-state index in [0.29, 0.717) is 32.6 Å². The van der Waals surface area contributed by atoms with E-state index >= 15 is 0 Å². The number of hydrogen-bond donors (Lipinski definition) is 1. The fourth-order valence-electron chi connectivity index (χ4n) is 3.50. The Morgan fingerprint density at radius 1 is 1.00 bits per heavy atom. The molecule has 3 aromatic heterocycles. The Hall–Kier alpha value is -3.71. The van der Waals surface area contributed by atoms with Gasteiger partial charge in [-0.3, -0.25) is 19.1 Å². The van der Waals surface area contributed by atoms with Crippen molar-refractivity contribution in [3.8, 4) is 16.8 Å². The number of benzene rings is 2. The lowest BCUT2D eigenvalue weighted by molar-refractivity contribution is 0.567. The molecule has 0 unspecified atom stereocenters. The molecule has 0 atom stereocenters. The Morgan fingerprint density at radius 3 is 2.55 bits per heavy atom. The second-order valence-electron chi connectivity index (χ2n) is 6.69. The molecule has 7 heteroatoms. The monoisotopic (exact) mass is 402 g/mol. The van der Waals surface area contributed by atoms with E-state index in [9.17, 15) is 14.4 Å². The molecule has 142 valence electrons. The van der Waals surface area contributed by atoms with Gasteiger partial charge >= 0.3 is 5.69 Å². The molecule has 29 heavy (non-hydrogen) atoms. The second kappa shape index (κ2) is 6.42. The van der Waals surface area contributed by atoms with E-state index in [0.717, 1.165) is 11.1 Å². The Balaban J connectivity index is 1.68. The number of nitrogens with zero attached hydrogens (tertiary/aromatic N) is 1. The van der Waals surface area contributed by atoms with Crippen LogP contribution in [-0.2, 0) is 0 Å². The molecule has 0 fully saturated rings. The van der Waals surface area contributed by atoms with Crippen LogP contribution < -0.4 is 16.7 Å². The predicted octanol–water partition coefficient (Wildman–Crippen LogP) is 3.82. The molecule has 0 aliphatic heterocycles. The van der Waals surface area contributed by atoms with E-state index in [1.54, 1.807) is 43.3 Å². The quantitative estimate of drug-likeness (QED) is 0.486. The largest absolute Gasteiger partial charge is 0.460 e. The molecule has 0 amide bonds. The van der Waals surface area contributed by atoms with Crippen molar-refractivity contribution in [1.82, 2.24) is 9.55 Å². The second-order valence-corrected chi connectivity index (χ2v) is 7.57. The number of aromatic nitrogens is 2. The smallest absolute Gasteiger partial charge is 0.333 e. The fraction of sp³-hybridized carbons (Fsp3) is 0.0455. The predicted molar refractivity (Wildman–Crippen MR) is 114 cm³/mol. The van der Waals surface area contributed by atoms with Crippen LogP contribution in [-0.4, -0.2) is 9.55 Å². The summed E-state index contributed by atoms with van der Waals surface area (Å²) < 4.78 is 7.84. The molecule has 6 nitrogen and oxygen atoms in total. The summed E-state index contributed by atoms with van der Waals surface area (Å²) in [7, 11) is 0. The number of nitrogens with one attached hydrogen (secondary N) is 1. The van der Waals surface area contributed by atoms with Gasteiger partial charge < -0.3 is 4.42 Å². The highest BCUT2D eigenvalue weighted by Gasteiger charge is 2.13. The van der Waals surface area contributed by atoms with Gasteiger partial charge in [-0.15, -0.1) is 11.3 Å².